The first-order valence-corrected chi connectivity index (χ1v) is 8.16. The van der Waals surface area contributed by atoms with Crippen LogP contribution < -0.4 is 14.8 Å². The molecule has 0 unspecified atom stereocenters. The van der Waals surface area contributed by atoms with Gasteiger partial charge in [-0.25, -0.2) is 0 Å². The summed E-state index contributed by atoms with van der Waals surface area (Å²) in [4.78, 5) is 16.3. The Bertz CT molecular complexity index is 926. The number of hydrogen-bond acceptors (Lipinski definition) is 4. The second kappa shape index (κ2) is 8.05. The number of alkyl halides is 2. The molecule has 1 amide bonds. The van der Waals surface area contributed by atoms with E-state index in [1.54, 1.807) is 0 Å². The summed E-state index contributed by atoms with van der Waals surface area (Å²) in [7, 11) is 0. The van der Waals surface area contributed by atoms with Crippen molar-refractivity contribution in [2.24, 2.45) is 5.89 Å². The van der Waals surface area contributed by atoms with E-state index in [2.05, 4.69) is 15.0 Å². The Morgan fingerprint density at radius 3 is 2.65 bits per heavy atom. The predicted molar refractivity (Wildman–Crippen MR) is 93.5 cm³/mol. The first kappa shape index (κ1) is 15.0. The van der Waals surface area contributed by atoms with Crippen molar-refractivity contribution in [1.82, 2.24) is 4.98 Å². The lowest BCUT2D eigenvalue weighted by Gasteiger charge is -2.14. The summed E-state index contributed by atoms with van der Waals surface area (Å²) < 4.78 is 58.7. The molecule has 1 fully saturated rings. The highest BCUT2D eigenvalue weighted by Gasteiger charge is 2.23. The number of hydrogen-bond donors (Lipinski definition) is 1. The van der Waals surface area contributed by atoms with Gasteiger partial charge in [-0.05, 0) is 36.9 Å². The van der Waals surface area contributed by atoms with E-state index in [9.17, 15) is 13.6 Å². The zero-order chi connectivity index (χ0) is 21.4. The average molecular weight is 406 g/mol. The molecule has 0 atom stereocenters. The van der Waals surface area contributed by atoms with Gasteiger partial charge < -0.3 is 14.8 Å². The molecule has 1 saturated carbocycles. The number of carbonyl (C=O) groups excluding carboxylic acids is 1. The topological polar surface area (TPSA) is 60.5 Å². The molecule has 0 bridgehead atoms. The van der Waals surface area contributed by atoms with E-state index >= 15 is 0 Å². The van der Waals surface area contributed by atoms with Crippen molar-refractivity contribution in [3.63, 3.8) is 0 Å². The van der Waals surface area contributed by atoms with E-state index in [1.165, 1.54) is 18.5 Å². The molecule has 5 nitrogen and oxygen atoms in total. The SMILES string of the molecule is [2H]C1(C([2H])([2H])Oc2cc(C(=O)Nc3c(Cl)cncc3Cl)ccc2OC(F)F)CC1. The molecule has 1 aromatic carbocycles. The molecule has 0 aliphatic heterocycles. The normalized spacial score (nSPS) is 17.0. The number of rotatable bonds is 7. The molecule has 0 radical (unpaired) electrons. The Hall–Kier alpha value is -2.12. The quantitative estimate of drug-likeness (QED) is 0.701. The minimum absolute atomic E-state index is 0.0591. The van der Waals surface area contributed by atoms with E-state index < -0.39 is 36.5 Å². The van der Waals surface area contributed by atoms with Gasteiger partial charge in [0.15, 0.2) is 11.5 Å². The van der Waals surface area contributed by atoms with E-state index in [4.69, 9.17) is 32.1 Å². The van der Waals surface area contributed by atoms with E-state index in [1.807, 2.05) is 0 Å². The van der Waals surface area contributed by atoms with Crippen molar-refractivity contribution in [1.29, 1.82) is 0 Å². The van der Waals surface area contributed by atoms with Gasteiger partial charge in [0.1, 0.15) is 0 Å². The van der Waals surface area contributed by atoms with Crippen molar-refractivity contribution >= 4 is 34.8 Å². The fraction of sp³-hybridized carbons (Fsp3) is 0.294. The lowest BCUT2D eigenvalue weighted by Crippen LogP contribution is -2.14. The van der Waals surface area contributed by atoms with Crippen LogP contribution in [0.5, 0.6) is 11.5 Å². The fourth-order valence-electron chi connectivity index (χ4n) is 1.93. The van der Waals surface area contributed by atoms with E-state index in [0.717, 1.165) is 12.1 Å². The van der Waals surface area contributed by atoms with Crippen LogP contribution in [0.4, 0.5) is 14.5 Å². The summed E-state index contributed by atoms with van der Waals surface area (Å²) in [5, 5.41) is 2.64. The molecule has 2 aromatic rings. The molecule has 26 heavy (non-hydrogen) atoms. The monoisotopic (exact) mass is 405 g/mol. The maximum absolute atomic E-state index is 12.7. The van der Waals surface area contributed by atoms with Crippen LogP contribution in [0.15, 0.2) is 30.6 Å². The zero-order valence-electron chi connectivity index (χ0n) is 16.1. The van der Waals surface area contributed by atoms with Crippen LogP contribution in [0.2, 0.25) is 10.0 Å². The van der Waals surface area contributed by atoms with Crippen molar-refractivity contribution < 1.29 is 27.2 Å². The van der Waals surface area contributed by atoms with Crippen LogP contribution in [0, 0.1) is 5.89 Å². The molecule has 1 aliphatic carbocycles. The molecule has 1 aromatic heterocycles. The summed E-state index contributed by atoms with van der Waals surface area (Å²) in [5.74, 6) is -3.11. The number of nitrogens with zero attached hydrogens (tertiary/aromatic N) is 1. The van der Waals surface area contributed by atoms with Gasteiger partial charge in [0.05, 0.1) is 25.0 Å². The Morgan fingerprint density at radius 2 is 2.04 bits per heavy atom. The molecular formula is C17H14Cl2F2N2O3. The molecule has 9 heteroatoms. The standard InChI is InChI=1S/C17H14Cl2F2N2O3/c18-11-6-22-7-12(19)15(11)23-16(24)10-3-4-13(26-17(20)21)14(5-10)25-8-9-1-2-9/h3-7,9,17H,1-2,8H2,(H,22,23,24)/i8D2,9D. The Balaban J connectivity index is 1.90. The van der Waals surface area contributed by atoms with Crippen LogP contribution >= 0.6 is 23.2 Å². The number of amides is 1. The van der Waals surface area contributed by atoms with Gasteiger partial charge >= 0.3 is 6.61 Å². The van der Waals surface area contributed by atoms with Crippen molar-refractivity contribution in [2.75, 3.05) is 11.9 Å². The van der Waals surface area contributed by atoms with Crippen LogP contribution in [0.3, 0.4) is 0 Å². The third-order valence-corrected chi connectivity index (χ3v) is 3.89. The lowest BCUT2D eigenvalue weighted by molar-refractivity contribution is -0.0515. The van der Waals surface area contributed by atoms with Crippen molar-refractivity contribution in [2.45, 2.75) is 19.5 Å². The predicted octanol–water partition coefficient (Wildman–Crippen LogP) is 5.03. The molecule has 1 N–H and O–H groups in total. The summed E-state index contributed by atoms with van der Waals surface area (Å²) in [5.41, 5.74) is 0.0401. The number of anilines is 1. The molecular weight excluding hydrogens is 389 g/mol. The highest BCUT2D eigenvalue weighted by atomic mass is 35.5. The van der Waals surface area contributed by atoms with Crippen LogP contribution in [-0.4, -0.2) is 24.1 Å². The van der Waals surface area contributed by atoms with Crippen LogP contribution in [0.25, 0.3) is 0 Å². The minimum Gasteiger partial charge on any atom is -0.489 e. The highest BCUT2D eigenvalue weighted by molar-refractivity contribution is 6.39. The average Bonchev–Trinajstić information content (AvgIpc) is 3.38. The van der Waals surface area contributed by atoms with Gasteiger partial charge in [0.25, 0.3) is 5.91 Å². The van der Waals surface area contributed by atoms with Crippen molar-refractivity contribution in [3.8, 4) is 11.5 Å². The Labute approximate surface area is 162 Å². The lowest BCUT2D eigenvalue weighted by atomic mass is 10.2. The molecule has 1 aliphatic rings. The Morgan fingerprint density at radius 1 is 1.35 bits per heavy atom. The number of benzene rings is 1. The van der Waals surface area contributed by atoms with E-state index in [0.29, 0.717) is 0 Å². The van der Waals surface area contributed by atoms with Gasteiger partial charge in [-0.3, -0.25) is 9.78 Å². The van der Waals surface area contributed by atoms with Gasteiger partial charge in [-0.1, -0.05) is 23.2 Å². The number of halogens is 4. The van der Waals surface area contributed by atoms with Gasteiger partial charge in [-0.2, -0.15) is 8.78 Å². The summed E-state index contributed by atoms with van der Waals surface area (Å²) >= 11 is 11.9. The highest BCUT2D eigenvalue weighted by Crippen LogP contribution is 2.35. The zero-order valence-corrected chi connectivity index (χ0v) is 14.6. The number of nitrogens with one attached hydrogen (secondary N) is 1. The summed E-state index contributed by atoms with van der Waals surface area (Å²) in [6, 6.07) is 3.28. The van der Waals surface area contributed by atoms with Gasteiger partial charge in [0.2, 0.25) is 0 Å². The molecule has 3 rings (SSSR count). The summed E-state index contributed by atoms with van der Waals surface area (Å²) in [6.45, 7) is -5.66. The van der Waals surface area contributed by atoms with E-state index in [-0.39, 0.29) is 34.1 Å². The molecule has 0 spiro atoms. The summed E-state index contributed by atoms with van der Waals surface area (Å²) in [6.07, 6.45) is 3.05. The van der Waals surface area contributed by atoms with Crippen LogP contribution in [0.1, 0.15) is 27.3 Å². The molecule has 138 valence electrons. The van der Waals surface area contributed by atoms with Gasteiger partial charge in [0, 0.05) is 19.3 Å². The third kappa shape index (κ3) is 4.74. The smallest absolute Gasteiger partial charge is 0.387 e. The first-order chi connectivity index (χ1) is 13.5. The fourth-order valence-corrected chi connectivity index (χ4v) is 2.39. The third-order valence-electron chi connectivity index (χ3n) is 3.32. The van der Waals surface area contributed by atoms with Gasteiger partial charge in [-0.15, -0.1) is 0 Å². The number of carbonyl (C=O) groups is 1. The first-order valence-electron chi connectivity index (χ1n) is 8.91. The maximum Gasteiger partial charge on any atom is 0.387 e. The Kier molecular flexibility index (Phi) is 4.64. The maximum atomic E-state index is 12.7. The largest absolute Gasteiger partial charge is 0.489 e. The second-order valence-electron chi connectivity index (χ2n) is 5.28. The van der Waals surface area contributed by atoms with Crippen molar-refractivity contribution in [3.05, 3.63) is 46.2 Å². The molecule has 1 heterocycles. The molecule has 0 saturated heterocycles. The number of ether oxygens (including phenoxy) is 2. The van der Waals surface area contributed by atoms with Crippen LogP contribution in [-0.2, 0) is 0 Å². The second-order valence-corrected chi connectivity index (χ2v) is 6.09. The minimum atomic E-state index is -3.19. The number of pyridine rings is 1. The number of aromatic nitrogens is 1.